The highest BCUT2D eigenvalue weighted by molar-refractivity contribution is 6.00. The first kappa shape index (κ1) is 17.0. The Balaban J connectivity index is 1.98. The van der Waals surface area contributed by atoms with Gasteiger partial charge in [0.15, 0.2) is 5.78 Å². The lowest BCUT2D eigenvalue weighted by Crippen LogP contribution is -2.41. The van der Waals surface area contributed by atoms with Crippen LogP contribution in [0.1, 0.15) is 56.8 Å². The number of nitrogens with zero attached hydrogens (tertiary/aromatic N) is 1. The molecule has 1 aliphatic heterocycles. The van der Waals surface area contributed by atoms with Crippen molar-refractivity contribution in [3.63, 3.8) is 0 Å². The fourth-order valence-electron chi connectivity index (χ4n) is 3.06. The van der Waals surface area contributed by atoms with E-state index >= 15 is 0 Å². The Morgan fingerprint density at radius 2 is 1.77 bits per heavy atom. The average molecular weight is 303 g/mol. The number of ketones is 1. The molecule has 0 aliphatic carbocycles. The second kappa shape index (κ2) is 7.77. The minimum absolute atomic E-state index is 0.222. The largest absolute Gasteiger partial charge is 0.494 e. The van der Waals surface area contributed by atoms with Gasteiger partial charge in [-0.3, -0.25) is 4.79 Å². The van der Waals surface area contributed by atoms with Crippen LogP contribution in [-0.4, -0.2) is 36.9 Å². The van der Waals surface area contributed by atoms with Gasteiger partial charge in [0.2, 0.25) is 0 Å². The molecule has 0 atom stereocenters. The Labute approximate surface area is 134 Å². The van der Waals surface area contributed by atoms with Crippen molar-refractivity contribution in [1.29, 1.82) is 0 Å². The third-order valence-corrected chi connectivity index (χ3v) is 4.27. The first-order valence-corrected chi connectivity index (χ1v) is 8.53. The van der Waals surface area contributed by atoms with E-state index in [0.717, 1.165) is 37.4 Å². The Kier molecular flexibility index (Phi) is 6.01. The van der Waals surface area contributed by atoms with Gasteiger partial charge in [-0.2, -0.15) is 0 Å². The number of ether oxygens (including phenoxy) is 1. The molecule has 0 saturated carbocycles. The van der Waals surface area contributed by atoms with Crippen LogP contribution in [0.2, 0.25) is 0 Å². The zero-order valence-corrected chi connectivity index (χ0v) is 14.2. The lowest BCUT2D eigenvalue weighted by Gasteiger charge is -2.34. The predicted molar refractivity (Wildman–Crippen MR) is 90.6 cm³/mol. The molecule has 3 heteroatoms. The van der Waals surface area contributed by atoms with Crippen LogP contribution in [0.25, 0.3) is 0 Å². The van der Waals surface area contributed by atoms with Crippen molar-refractivity contribution >= 4 is 5.78 Å². The van der Waals surface area contributed by atoms with Gasteiger partial charge in [0.25, 0.3) is 0 Å². The Morgan fingerprint density at radius 1 is 1.14 bits per heavy atom. The summed E-state index contributed by atoms with van der Waals surface area (Å²) in [6.07, 6.45) is 4.83. The molecule has 0 unspecified atom stereocenters. The van der Waals surface area contributed by atoms with Crippen molar-refractivity contribution in [3.05, 3.63) is 29.8 Å². The fourth-order valence-corrected chi connectivity index (χ4v) is 3.06. The van der Waals surface area contributed by atoms with E-state index < -0.39 is 0 Å². The molecule has 1 heterocycles. The second-order valence-electron chi connectivity index (χ2n) is 6.92. The molecule has 0 aromatic heterocycles. The van der Waals surface area contributed by atoms with Crippen molar-refractivity contribution < 1.29 is 9.53 Å². The normalized spacial score (nSPS) is 16.5. The van der Waals surface area contributed by atoms with E-state index in [1.807, 2.05) is 24.3 Å². The molecule has 22 heavy (non-hydrogen) atoms. The minimum atomic E-state index is -0.344. The molecule has 0 amide bonds. The summed E-state index contributed by atoms with van der Waals surface area (Å²) in [5.74, 6) is 1.06. The molecule has 1 fully saturated rings. The molecular weight excluding hydrogens is 274 g/mol. The smallest absolute Gasteiger partial charge is 0.169 e. The first-order valence-electron chi connectivity index (χ1n) is 8.53. The van der Waals surface area contributed by atoms with Crippen molar-refractivity contribution in [1.82, 2.24) is 4.90 Å². The third kappa shape index (κ3) is 4.57. The predicted octanol–water partition coefficient (Wildman–Crippen LogP) is 4.17. The standard InChI is InChI=1S/C19H29NO2/c1-4-14-22-17-10-8-16(9-11-17)18(21)19(2,3)15-20-12-6-5-7-13-20/h8-11H,4-7,12-15H2,1-3H3. The molecular formula is C19H29NO2. The topological polar surface area (TPSA) is 29.5 Å². The summed E-state index contributed by atoms with van der Waals surface area (Å²) in [5, 5.41) is 0. The highest BCUT2D eigenvalue weighted by Gasteiger charge is 2.31. The molecule has 0 N–H and O–H groups in total. The van der Waals surface area contributed by atoms with Crippen LogP contribution in [0, 0.1) is 5.41 Å². The highest BCUT2D eigenvalue weighted by Crippen LogP contribution is 2.26. The maximum Gasteiger partial charge on any atom is 0.169 e. The van der Waals surface area contributed by atoms with Crippen LogP contribution in [0.4, 0.5) is 0 Å². The summed E-state index contributed by atoms with van der Waals surface area (Å²) in [5.41, 5.74) is 0.439. The fraction of sp³-hybridized carbons (Fsp3) is 0.632. The number of Topliss-reactive ketones (excluding diaryl/α,β-unsaturated/α-hetero) is 1. The third-order valence-electron chi connectivity index (χ3n) is 4.27. The van der Waals surface area contributed by atoms with E-state index in [2.05, 4.69) is 25.7 Å². The summed E-state index contributed by atoms with van der Waals surface area (Å²) in [6, 6.07) is 7.59. The zero-order chi connectivity index (χ0) is 16.0. The molecule has 0 spiro atoms. The molecule has 2 rings (SSSR count). The van der Waals surface area contributed by atoms with Crippen molar-refractivity contribution in [2.45, 2.75) is 46.5 Å². The van der Waals surface area contributed by atoms with Crippen LogP contribution in [0.3, 0.4) is 0 Å². The molecule has 0 radical (unpaired) electrons. The van der Waals surface area contributed by atoms with Gasteiger partial charge in [0.1, 0.15) is 5.75 Å². The number of rotatable bonds is 7. The Hall–Kier alpha value is -1.35. The minimum Gasteiger partial charge on any atom is -0.494 e. The highest BCUT2D eigenvalue weighted by atomic mass is 16.5. The van der Waals surface area contributed by atoms with E-state index in [-0.39, 0.29) is 11.2 Å². The molecule has 1 aromatic rings. The second-order valence-corrected chi connectivity index (χ2v) is 6.92. The Morgan fingerprint density at radius 3 is 2.36 bits per heavy atom. The monoisotopic (exact) mass is 303 g/mol. The molecule has 0 bridgehead atoms. The van der Waals surface area contributed by atoms with Gasteiger partial charge in [-0.25, -0.2) is 0 Å². The SMILES string of the molecule is CCCOc1ccc(C(=O)C(C)(C)CN2CCCCC2)cc1. The molecule has 1 saturated heterocycles. The van der Waals surface area contributed by atoms with Crippen LogP contribution in [0.15, 0.2) is 24.3 Å². The number of hydrogen-bond acceptors (Lipinski definition) is 3. The maximum absolute atomic E-state index is 12.8. The lowest BCUT2D eigenvalue weighted by molar-refractivity contribution is 0.0744. The van der Waals surface area contributed by atoms with E-state index in [1.165, 1.54) is 19.3 Å². The van der Waals surface area contributed by atoms with Crippen molar-refractivity contribution in [3.8, 4) is 5.75 Å². The van der Waals surface area contributed by atoms with Gasteiger partial charge in [-0.05, 0) is 56.6 Å². The van der Waals surface area contributed by atoms with Gasteiger partial charge in [-0.15, -0.1) is 0 Å². The number of benzene rings is 1. The number of carbonyl (C=O) groups is 1. The quantitative estimate of drug-likeness (QED) is 0.708. The summed E-state index contributed by atoms with van der Waals surface area (Å²) in [6.45, 7) is 10.0. The van der Waals surface area contributed by atoms with E-state index in [1.54, 1.807) is 0 Å². The van der Waals surface area contributed by atoms with Gasteiger partial charge in [0, 0.05) is 17.5 Å². The molecule has 3 nitrogen and oxygen atoms in total. The van der Waals surface area contributed by atoms with Crippen LogP contribution < -0.4 is 4.74 Å². The van der Waals surface area contributed by atoms with Crippen LogP contribution in [-0.2, 0) is 0 Å². The van der Waals surface area contributed by atoms with Crippen molar-refractivity contribution in [2.75, 3.05) is 26.2 Å². The molecule has 122 valence electrons. The number of piperidine rings is 1. The lowest BCUT2D eigenvalue weighted by atomic mass is 9.83. The average Bonchev–Trinajstić information content (AvgIpc) is 2.53. The van der Waals surface area contributed by atoms with Gasteiger partial charge < -0.3 is 9.64 Å². The summed E-state index contributed by atoms with van der Waals surface area (Å²) in [7, 11) is 0. The number of hydrogen-bond donors (Lipinski definition) is 0. The molecule has 1 aliphatic rings. The van der Waals surface area contributed by atoms with E-state index in [0.29, 0.717) is 6.61 Å². The zero-order valence-electron chi connectivity index (χ0n) is 14.2. The Bertz CT molecular complexity index is 473. The van der Waals surface area contributed by atoms with Crippen molar-refractivity contribution in [2.24, 2.45) is 5.41 Å². The summed E-state index contributed by atoms with van der Waals surface area (Å²) in [4.78, 5) is 15.2. The van der Waals surface area contributed by atoms with Gasteiger partial charge in [0.05, 0.1) is 6.61 Å². The van der Waals surface area contributed by atoms with Gasteiger partial charge in [-0.1, -0.05) is 27.2 Å². The maximum atomic E-state index is 12.8. The summed E-state index contributed by atoms with van der Waals surface area (Å²) < 4.78 is 5.58. The first-order chi connectivity index (χ1) is 10.5. The van der Waals surface area contributed by atoms with Crippen LogP contribution >= 0.6 is 0 Å². The summed E-state index contributed by atoms with van der Waals surface area (Å²) >= 11 is 0. The van der Waals surface area contributed by atoms with E-state index in [9.17, 15) is 4.79 Å². The van der Waals surface area contributed by atoms with E-state index in [4.69, 9.17) is 4.74 Å². The molecule has 1 aromatic carbocycles. The van der Waals surface area contributed by atoms with Crippen LogP contribution in [0.5, 0.6) is 5.75 Å². The van der Waals surface area contributed by atoms with Gasteiger partial charge >= 0.3 is 0 Å². The number of carbonyl (C=O) groups excluding carboxylic acids is 1. The number of likely N-dealkylation sites (tertiary alicyclic amines) is 1.